The van der Waals surface area contributed by atoms with Crippen molar-refractivity contribution in [3.63, 3.8) is 0 Å². The molecular formula is C16H20N4O2. The van der Waals surface area contributed by atoms with Crippen LogP contribution in [0.25, 0.3) is 0 Å². The summed E-state index contributed by atoms with van der Waals surface area (Å²) < 4.78 is 0. The van der Waals surface area contributed by atoms with E-state index in [0.717, 1.165) is 18.7 Å². The molecule has 6 nitrogen and oxygen atoms in total. The third-order valence-electron chi connectivity index (χ3n) is 3.94. The molecule has 22 heavy (non-hydrogen) atoms. The average Bonchev–Trinajstić information content (AvgIpc) is 2.53. The second-order valence-electron chi connectivity index (χ2n) is 5.47. The summed E-state index contributed by atoms with van der Waals surface area (Å²) in [7, 11) is 0. The topological polar surface area (TPSA) is 88.3 Å². The molecule has 1 fully saturated rings. The number of rotatable bonds is 4. The van der Waals surface area contributed by atoms with E-state index in [0.29, 0.717) is 12.1 Å². The van der Waals surface area contributed by atoms with Gasteiger partial charge in [0.05, 0.1) is 18.0 Å². The van der Waals surface area contributed by atoms with Gasteiger partial charge >= 0.3 is 0 Å². The predicted molar refractivity (Wildman–Crippen MR) is 84.1 cm³/mol. The number of nitrogens with zero attached hydrogens (tertiary/aromatic N) is 2. The summed E-state index contributed by atoms with van der Waals surface area (Å²) in [5, 5.41) is 2.59. The van der Waals surface area contributed by atoms with E-state index < -0.39 is 0 Å². The number of nitrogens with one attached hydrogen (secondary N) is 1. The molecule has 1 aromatic heterocycles. The highest BCUT2D eigenvalue weighted by Gasteiger charge is 2.29. The first-order valence-corrected chi connectivity index (χ1v) is 7.26. The van der Waals surface area contributed by atoms with Gasteiger partial charge in [-0.05, 0) is 31.9 Å². The maximum Gasteiger partial charge on any atom is 0.253 e. The first-order valence-electron chi connectivity index (χ1n) is 7.26. The maximum absolute atomic E-state index is 11.8. The molecule has 3 N–H and O–H groups in total. The molecular weight excluding hydrogens is 280 g/mol. The molecule has 0 radical (unpaired) electrons. The fraction of sp³-hybridized carbons (Fsp3) is 0.438. The Bertz CT molecular complexity index is 591. The van der Waals surface area contributed by atoms with Gasteiger partial charge in [-0.2, -0.15) is 0 Å². The van der Waals surface area contributed by atoms with Crippen LogP contribution in [0, 0.1) is 18.3 Å². The number of pyridine rings is 1. The molecule has 0 spiro atoms. The summed E-state index contributed by atoms with van der Waals surface area (Å²) in [4.78, 5) is 29.6. The zero-order chi connectivity index (χ0) is 16.1. The lowest BCUT2D eigenvalue weighted by atomic mass is 9.93. The number of primary amides is 1. The Morgan fingerprint density at radius 2 is 2.27 bits per heavy atom. The molecule has 116 valence electrons. The van der Waals surface area contributed by atoms with Crippen molar-refractivity contribution in [2.24, 2.45) is 11.7 Å². The van der Waals surface area contributed by atoms with E-state index in [-0.39, 0.29) is 30.3 Å². The van der Waals surface area contributed by atoms with E-state index in [2.05, 4.69) is 28.0 Å². The number of amides is 2. The van der Waals surface area contributed by atoms with Gasteiger partial charge in [-0.15, -0.1) is 6.42 Å². The fourth-order valence-electron chi connectivity index (χ4n) is 2.58. The van der Waals surface area contributed by atoms with Crippen LogP contribution in [0.4, 0.5) is 5.82 Å². The van der Waals surface area contributed by atoms with Crippen LogP contribution in [0.1, 0.15) is 30.1 Å². The number of hydrogen-bond acceptors (Lipinski definition) is 4. The molecule has 2 heterocycles. The first kappa shape index (κ1) is 15.8. The highest BCUT2D eigenvalue weighted by Crippen LogP contribution is 2.26. The Kier molecular flexibility index (Phi) is 4.99. The number of terminal acetylenes is 1. The smallest absolute Gasteiger partial charge is 0.253 e. The van der Waals surface area contributed by atoms with E-state index in [1.54, 1.807) is 12.1 Å². The maximum atomic E-state index is 11.8. The third-order valence-corrected chi connectivity index (χ3v) is 3.94. The minimum atomic E-state index is -0.276. The monoisotopic (exact) mass is 300 g/mol. The van der Waals surface area contributed by atoms with E-state index in [1.807, 2.05) is 0 Å². The van der Waals surface area contributed by atoms with Gasteiger partial charge in [-0.3, -0.25) is 9.59 Å². The number of anilines is 1. The van der Waals surface area contributed by atoms with Crippen LogP contribution < -0.4 is 16.0 Å². The molecule has 1 aliphatic heterocycles. The lowest BCUT2D eigenvalue weighted by Gasteiger charge is -2.37. The van der Waals surface area contributed by atoms with Crippen LogP contribution in [0.5, 0.6) is 0 Å². The van der Waals surface area contributed by atoms with Crippen molar-refractivity contribution >= 4 is 17.6 Å². The zero-order valence-corrected chi connectivity index (χ0v) is 12.6. The second kappa shape index (κ2) is 6.94. The summed E-state index contributed by atoms with van der Waals surface area (Å²) in [6, 6.07) is 3.77. The van der Waals surface area contributed by atoms with E-state index in [1.165, 1.54) is 6.20 Å². The van der Waals surface area contributed by atoms with Crippen molar-refractivity contribution in [3.8, 4) is 12.3 Å². The molecule has 2 rings (SSSR count). The van der Waals surface area contributed by atoms with Gasteiger partial charge in [-0.1, -0.05) is 5.92 Å². The highest BCUT2D eigenvalue weighted by atomic mass is 16.2. The Balaban J connectivity index is 2.10. The van der Waals surface area contributed by atoms with Gasteiger partial charge in [0.2, 0.25) is 5.91 Å². The Morgan fingerprint density at radius 1 is 1.50 bits per heavy atom. The van der Waals surface area contributed by atoms with Crippen molar-refractivity contribution in [2.45, 2.75) is 25.8 Å². The van der Waals surface area contributed by atoms with Crippen LogP contribution in [0.15, 0.2) is 18.3 Å². The van der Waals surface area contributed by atoms with Gasteiger partial charge in [0.1, 0.15) is 5.82 Å². The minimum absolute atomic E-state index is 0.156. The number of carbonyl (C=O) groups is 2. The Morgan fingerprint density at radius 3 is 2.86 bits per heavy atom. The summed E-state index contributed by atoms with van der Waals surface area (Å²) in [6.07, 6.45) is 8.31. The quantitative estimate of drug-likeness (QED) is 0.794. The molecule has 2 amide bonds. The zero-order valence-electron chi connectivity index (χ0n) is 12.6. The molecule has 0 aliphatic carbocycles. The second-order valence-corrected chi connectivity index (χ2v) is 5.47. The normalized spacial score (nSPS) is 21.0. The largest absolute Gasteiger partial charge is 0.369 e. The van der Waals surface area contributed by atoms with Gasteiger partial charge in [-0.25, -0.2) is 4.98 Å². The number of hydrogen-bond donors (Lipinski definition) is 2. The number of piperidine rings is 1. The van der Waals surface area contributed by atoms with Crippen molar-refractivity contribution in [1.82, 2.24) is 10.3 Å². The molecule has 1 saturated heterocycles. The SMILES string of the molecule is C#CCNC(=O)c1ccc(N2C[C@@H](C(N)=O)CC[C@@H]2C)nc1. The standard InChI is InChI=1S/C16H20N4O2/c1-3-8-18-16(22)12-6-7-14(19-9-12)20-10-13(15(17)21)5-4-11(20)2/h1,6-7,9,11,13H,4-5,8,10H2,2H3,(H2,17,21)(H,18,22)/t11-,13-/m0/s1. The molecule has 0 bridgehead atoms. The van der Waals surface area contributed by atoms with Gasteiger partial charge < -0.3 is 16.0 Å². The molecule has 1 aromatic rings. The Labute approximate surface area is 130 Å². The van der Waals surface area contributed by atoms with Gasteiger partial charge in [0.15, 0.2) is 0 Å². The van der Waals surface area contributed by atoms with Crippen molar-refractivity contribution in [3.05, 3.63) is 23.9 Å². The molecule has 0 aromatic carbocycles. The lowest BCUT2D eigenvalue weighted by Crippen LogP contribution is -2.46. The van der Waals surface area contributed by atoms with Gasteiger partial charge in [0, 0.05) is 18.8 Å². The van der Waals surface area contributed by atoms with Crippen LogP contribution >= 0.6 is 0 Å². The molecule has 6 heteroatoms. The van der Waals surface area contributed by atoms with Crippen molar-refractivity contribution in [2.75, 3.05) is 18.0 Å². The van der Waals surface area contributed by atoms with E-state index in [9.17, 15) is 9.59 Å². The van der Waals surface area contributed by atoms with Crippen LogP contribution in [-0.4, -0.2) is 35.9 Å². The number of aromatic nitrogens is 1. The molecule has 2 atom stereocenters. The van der Waals surface area contributed by atoms with Crippen LogP contribution in [0.3, 0.4) is 0 Å². The Hall–Kier alpha value is -2.55. The van der Waals surface area contributed by atoms with Crippen molar-refractivity contribution in [1.29, 1.82) is 0 Å². The third kappa shape index (κ3) is 3.55. The predicted octanol–water partition coefficient (Wildman–Crippen LogP) is 0.535. The van der Waals surface area contributed by atoms with Gasteiger partial charge in [0.25, 0.3) is 5.91 Å². The first-order chi connectivity index (χ1) is 10.5. The number of nitrogens with two attached hydrogens (primary N) is 1. The average molecular weight is 300 g/mol. The van der Waals surface area contributed by atoms with E-state index in [4.69, 9.17) is 12.2 Å². The molecule has 0 unspecified atom stereocenters. The lowest BCUT2D eigenvalue weighted by molar-refractivity contribution is -0.122. The highest BCUT2D eigenvalue weighted by molar-refractivity contribution is 5.94. The summed E-state index contributed by atoms with van der Waals surface area (Å²) in [6.45, 7) is 2.84. The van der Waals surface area contributed by atoms with Crippen molar-refractivity contribution < 1.29 is 9.59 Å². The minimum Gasteiger partial charge on any atom is -0.369 e. The van der Waals surface area contributed by atoms with Crippen LogP contribution in [0.2, 0.25) is 0 Å². The molecule has 0 saturated carbocycles. The van der Waals surface area contributed by atoms with E-state index >= 15 is 0 Å². The molecule has 1 aliphatic rings. The summed E-state index contributed by atoms with van der Waals surface area (Å²) >= 11 is 0. The van der Waals surface area contributed by atoms with Crippen LogP contribution in [-0.2, 0) is 4.79 Å². The number of carbonyl (C=O) groups excluding carboxylic acids is 2. The summed E-state index contributed by atoms with van der Waals surface area (Å²) in [5.74, 6) is 2.41. The fourth-order valence-corrected chi connectivity index (χ4v) is 2.58. The summed E-state index contributed by atoms with van der Waals surface area (Å²) in [5.41, 5.74) is 5.86.